The van der Waals surface area contributed by atoms with E-state index in [1.54, 1.807) is 20.8 Å². The third-order valence-electron chi connectivity index (χ3n) is 1.07. The molecule has 0 fully saturated rings. The molecule has 0 unspecified atom stereocenters. The van der Waals surface area contributed by atoms with E-state index in [4.69, 9.17) is 4.74 Å². The Morgan fingerprint density at radius 3 is 2.15 bits per heavy atom. The largest absolute Gasteiger partial charge is 0.444 e. The summed E-state index contributed by atoms with van der Waals surface area (Å²) in [5, 5.41) is 2.05. The normalized spacial score (nSPS) is 13.3. The number of alkyl carbamates (subject to hydrolysis) is 1. The van der Waals surface area contributed by atoms with E-state index in [0.29, 0.717) is 0 Å². The highest BCUT2D eigenvalue weighted by molar-refractivity contribution is 5.80. The third-order valence-corrected chi connectivity index (χ3v) is 1.07. The highest BCUT2D eigenvalue weighted by atomic mass is 19.1. The molecule has 0 saturated heterocycles. The van der Waals surface area contributed by atoms with Crippen molar-refractivity contribution in [3.8, 4) is 0 Å². The third kappa shape index (κ3) is 6.07. The molecule has 76 valence electrons. The maximum Gasteiger partial charge on any atom is 0.408 e. The average molecular weight is 191 g/mol. The van der Waals surface area contributed by atoms with Crippen LogP contribution in [0.15, 0.2) is 0 Å². The monoisotopic (exact) mass is 191 g/mol. The molecule has 13 heavy (non-hydrogen) atoms. The van der Waals surface area contributed by atoms with Crippen molar-refractivity contribution in [2.75, 3.05) is 0 Å². The molecule has 4 nitrogen and oxygen atoms in total. The van der Waals surface area contributed by atoms with E-state index in [2.05, 4.69) is 5.32 Å². The Morgan fingerprint density at radius 1 is 1.38 bits per heavy atom. The minimum atomic E-state index is -1.59. The molecular formula is C8H14FNO3. The minimum absolute atomic E-state index is 0.650. The number of carbonyl (C=O) groups is 2. The van der Waals surface area contributed by atoms with Crippen LogP contribution in [0.2, 0.25) is 0 Å². The summed E-state index contributed by atoms with van der Waals surface area (Å²) in [5.74, 6) is 0. The van der Waals surface area contributed by atoms with Crippen molar-refractivity contribution in [2.45, 2.75) is 39.3 Å². The van der Waals surface area contributed by atoms with Gasteiger partial charge < -0.3 is 10.1 Å². The summed E-state index contributed by atoms with van der Waals surface area (Å²) < 4.78 is 16.8. The van der Waals surface area contributed by atoms with E-state index in [-0.39, 0.29) is 0 Å². The Labute approximate surface area is 76.4 Å². The fourth-order valence-electron chi connectivity index (χ4n) is 0.541. The molecule has 1 N–H and O–H groups in total. The van der Waals surface area contributed by atoms with Crippen LogP contribution in [0.25, 0.3) is 0 Å². The van der Waals surface area contributed by atoms with Crippen molar-refractivity contribution in [2.24, 2.45) is 0 Å². The number of nitrogens with one attached hydrogen (secondary N) is 1. The van der Waals surface area contributed by atoms with E-state index >= 15 is 0 Å². The van der Waals surface area contributed by atoms with Gasteiger partial charge in [0.05, 0.1) is 0 Å². The molecule has 0 rings (SSSR count). The second-order valence-corrected chi connectivity index (χ2v) is 3.67. The molecular weight excluding hydrogens is 177 g/mol. The first kappa shape index (κ1) is 11.9. The van der Waals surface area contributed by atoms with Crippen LogP contribution in [0.1, 0.15) is 27.7 Å². The summed E-state index contributed by atoms with van der Waals surface area (Å²) in [6.07, 6.45) is -0.800. The van der Waals surface area contributed by atoms with Crippen molar-refractivity contribution < 1.29 is 18.7 Å². The number of hydrogen-bond donors (Lipinski definition) is 1. The second kappa shape index (κ2) is 4.20. The van der Waals surface area contributed by atoms with Crippen molar-refractivity contribution in [1.82, 2.24) is 5.32 Å². The van der Waals surface area contributed by atoms with Gasteiger partial charge in [-0.25, -0.2) is 4.79 Å². The van der Waals surface area contributed by atoms with Crippen LogP contribution in [0.3, 0.4) is 0 Å². The molecule has 0 aromatic heterocycles. The van der Waals surface area contributed by atoms with E-state index in [1.165, 1.54) is 6.92 Å². The lowest BCUT2D eigenvalue weighted by molar-refractivity contribution is -0.131. The molecule has 0 aromatic rings. The lowest BCUT2D eigenvalue weighted by Crippen LogP contribution is -2.40. The molecule has 0 aliphatic carbocycles. The van der Waals surface area contributed by atoms with Crippen LogP contribution >= 0.6 is 0 Å². The predicted octanol–water partition coefficient (Wildman–Crippen LogP) is 1.40. The Kier molecular flexibility index (Phi) is 3.84. The summed E-state index contributed by atoms with van der Waals surface area (Å²) in [4.78, 5) is 21.0. The Balaban J connectivity index is 3.96. The predicted molar refractivity (Wildman–Crippen MR) is 44.9 cm³/mol. The zero-order valence-corrected chi connectivity index (χ0v) is 8.18. The Morgan fingerprint density at radius 2 is 1.85 bits per heavy atom. The smallest absolute Gasteiger partial charge is 0.408 e. The van der Waals surface area contributed by atoms with Crippen LogP contribution in [0, 0.1) is 0 Å². The number of halogens is 1. The number of amides is 1. The Bertz CT molecular complexity index is 210. The number of ether oxygens (including phenoxy) is 1. The highest BCUT2D eigenvalue weighted by Crippen LogP contribution is 2.06. The molecule has 0 radical (unpaired) electrons. The van der Waals surface area contributed by atoms with Gasteiger partial charge in [-0.05, 0) is 27.7 Å². The van der Waals surface area contributed by atoms with Crippen LogP contribution in [0.4, 0.5) is 9.18 Å². The highest BCUT2D eigenvalue weighted by Gasteiger charge is 2.20. The molecule has 1 amide bonds. The van der Waals surface area contributed by atoms with Crippen LogP contribution < -0.4 is 5.32 Å². The zero-order valence-electron chi connectivity index (χ0n) is 8.18. The fourth-order valence-corrected chi connectivity index (χ4v) is 0.541. The molecule has 0 spiro atoms. The van der Waals surface area contributed by atoms with Crippen molar-refractivity contribution in [3.05, 3.63) is 0 Å². The van der Waals surface area contributed by atoms with Gasteiger partial charge in [0, 0.05) is 0 Å². The van der Waals surface area contributed by atoms with Gasteiger partial charge >= 0.3 is 12.1 Å². The fraction of sp³-hybridized carbons (Fsp3) is 0.750. The van der Waals surface area contributed by atoms with Gasteiger partial charge in [-0.1, -0.05) is 0 Å². The standard InChI is InChI=1S/C8H14FNO3/c1-5(6(9)11)10-7(12)13-8(2,3)4/h5H,1-4H3,(H,10,12)/t5-/m0/s1. The summed E-state index contributed by atoms with van der Waals surface area (Å²) in [7, 11) is 0. The second-order valence-electron chi connectivity index (χ2n) is 3.67. The van der Waals surface area contributed by atoms with E-state index in [1.807, 2.05) is 0 Å². The van der Waals surface area contributed by atoms with Gasteiger partial charge in [-0.2, -0.15) is 4.39 Å². The van der Waals surface area contributed by atoms with E-state index < -0.39 is 23.8 Å². The number of rotatable bonds is 2. The SMILES string of the molecule is C[C@H](NC(=O)OC(C)(C)C)C(=O)F. The van der Waals surface area contributed by atoms with Gasteiger partial charge in [0.15, 0.2) is 0 Å². The lowest BCUT2D eigenvalue weighted by atomic mass is 10.2. The lowest BCUT2D eigenvalue weighted by Gasteiger charge is -2.20. The molecule has 0 aliphatic rings. The molecule has 1 atom stereocenters. The van der Waals surface area contributed by atoms with Gasteiger partial charge in [-0.3, -0.25) is 4.79 Å². The van der Waals surface area contributed by atoms with Gasteiger partial charge in [0.2, 0.25) is 0 Å². The first-order chi connectivity index (χ1) is 5.72. The summed E-state index contributed by atoms with van der Waals surface area (Å²) in [6, 6.07) is -2.75. The first-order valence-corrected chi connectivity index (χ1v) is 3.91. The molecule has 0 aromatic carbocycles. The van der Waals surface area contributed by atoms with Crippen LogP contribution in [-0.2, 0) is 9.53 Å². The molecule has 5 heteroatoms. The molecule has 0 heterocycles. The zero-order chi connectivity index (χ0) is 10.6. The molecule has 0 saturated carbocycles. The molecule has 0 aliphatic heterocycles. The van der Waals surface area contributed by atoms with Gasteiger partial charge in [0.1, 0.15) is 11.6 Å². The van der Waals surface area contributed by atoms with Crippen LogP contribution in [-0.4, -0.2) is 23.8 Å². The first-order valence-electron chi connectivity index (χ1n) is 3.91. The maximum atomic E-state index is 12.0. The maximum absolute atomic E-state index is 12.0. The van der Waals surface area contributed by atoms with Crippen molar-refractivity contribution in [1.29, 1.82) is 0 Å². The Hall–Kier alpha value is -1.13. The average Bonchev–Trinajstić information content (AvgIpc) is 1.81. The number of hydrogen-bond acceptors (Lipinski definition) is 3. The van der Waals surface area contributed by atoms with E-state index in [9.17, 15) is 14.0 Å². The van der Waals surface area contributed by atoms with Crippen molar-refractivity contribution in [3.63, 3.8) is 0 Å². The topological polar surface area (TPSA) is 55.4 Å². The summed E-state index contributed by atoms with van der Waals surface area (Å²) >= 11 is 0. The van der Waals surface area contributed by atoms with Gasteiger partial charge in [-0.15, -0.1) is 0 Å². The minimum Gasteiger partial charge on any atom is -0.444 e. The van der Waals surface area contributed by atoms with Gasteiger partial charge in [0.25, 0.3) is 0 Å². The quantitative estimate of drug-likeness (QED) is 0.671. The van der Waals surface area contributed by atoms with Crippen molar-refractivity contribution >= 4 is 12.1 Å². The summed E-state index contributed by atoms with van der Waals surface area (Å²) in [5.41, 5.74) is -0.650. The van der Waals surface area contributed by atoms with Crippen LogP contribution in [0.5, 0.6) is 0 Å². The summed E-state index contributed by atoms with van der Waals surface area (Å²) in [6.45, 7) is 6.27. The van der Waals surface area contributed by atoms with E-state index in [0.717, 1.165) is 0 Å². The number of carbonyl (C=O) groups excluding carboxylic acids is 2. The molecule has 0 bridgehead atoms.